The maximum absolute atomic E-state index is 11.3. The highest BCUT2D eigenvalue weighted by Crippen LogP contribution is 2.17. The van der Waals surface area contributed by atoms with Gasteiger partial charge < -0.3 is 0 Å². The second-order valence-corrected chi connectivity index (χ2v) is 4.56. The van der Waals surface area contributed by atoms with Crippen LogP contribution in [0.4, 0.5) is 0 Å². The zero-order chi connectivity index (χ0) is 10.6. The average Bonchev–Trinajstić information content (AvgIpc) is 2.18. The van der Waals surface area contributed by atoms with E-state index in [2.05, 4.69) is 9.35 Å². The highest BCUT2D eigenvalue weighted by atomic mass is 35.5. The summed E-state index contributed by atoms with van der Waals surface area (Å²) in [6.45, 7) is 1.73. The monoisotopic (exact) mass is 229 g/mol. The van der Waals surface area contributed by atoms with E-state index in [4.69, 9.17) is 16.9 Å². The Kier molecular flexibility index (Phi) is 3.86. The molecule has 0 N–H and O–H groups in total. The number of rotatable bonds is 2. The molecule has 14 heavy (non-hydrogen) atoms. The van der Waals surface area contributed by atoms with E-state index in [9.17, 15) is 4.21 Å². The molecule has 1 aromatic rings. The first-order valence-corrected chi connectivity index (χ1v) is 5.48. The zero-order valence-electron chi connectivity index (χ0n) is 7.38. The quantitative estimate of drug-likeness (QED) is 0.479. The lowest BCUT2D eigenvalue weighted by Gasteiger charge is -2.04. The fourth-order valence-electron chi connectivity index (χ4n) is 0.893. The van der Waals surface area contributed by atoms with Crippen LogP contribution in [0.1, 0.15) is 17.7 Å². The first kappa shape index (κ1) is 11.0. The molecule has 0 saturated carbocycles. The summed E-state index contributed by atoms with van der Waals surface area (Å²) in [5, 5.41) is 8.31. The van der Waals surface area contributed by atoms with Gasteiger partial charge in [0.15, 0.2) is 0 Å². The molecule has 1 rings (SSSR count). The number of pyridine rings is 1. The summed E-state index contributed by atoms with van der Waals surface area (Å²) in [7, 11) is -1.90. The van der Waals surface area contributed by atoms with Gasteiger partial charge in [-0.2, -0.15) is 5.26 Å². The number of hydrogen-bond donors (Lipinski definition) is 1. The van der Waals surface area contributed by atoms with Gasteiger partial charge in [-0.25, -0.2) is 4.98 Å². The molecule has 1 unspecified atom stereocenters. The van der Waals surface area contributed by atoms with E-state index < -0.39 is 10.6 Å². The minimum Gasteiger partial charge on any atom is -0.251 e. The summed E-state index contributed by atoms with van der Waals surface area (Å²) >= 11 is 5.60. The second-order valence-electron chi connectivity index (χ2n) is 2.59. The van der Waals surface area contributed by atoms with Crippen molar-refractivity contribution in [3.63, 3.8) is 0 Å². The van der Waals surface area contributed by atoms with Gasteiger partial charge in [-0.15, -0.1) is 4.36 Å². The molecule has 0 saturated heterocycles. The van der Waals surface area contributed by atoms with Crippen molar-refractivity contribution in [2.24, 2.45) is 4.36 Å². The normalized spacial score (nSPS) is 14.6. The van der Waals surface area contributed by atoms with E-state index in [0.717, 1.165) is 5.56 Å². The van der Waals surface area contributed by atoms with Crippen LogP contribution in [0.3, 0.4) is 0 Å². The van der Waals surface area contributed by atoms with Crippen LogP contribution in [0.25, 0.3) is 0 Å². The van der Waals surface area contributed by atoms with Gasteiger partial charge in [-0.1, -0.05) is 17.7 Å². The Bertz CT molecular complexity index is 431. The summed E-state index contributed by atoms with van der Waals surface area (Å²) in [6, 6.07) is 3.34. The average molecular weight is 230 g/mol. The topological polar surface area (TPSA) is 66.1 Å². The van der Waals surface area contributed by atoms with Gasteiger partial charge in [-0.05, 0) is 18.6 Å². The van der Waals surface area contributed by atoms with Crippen molar-refractivity contribution >= 4 is 22.2 Å². The number of thiol groups is 1. The van der Waals surface area contributed by atoms with Crippen LogP contribution >= 0.6 is 11.6 Å². The molecule has 2 atom stereocenters. The predicted octanol–water partition coefficient (Wildman–Crippen LogP) is 1.94. The standard InChI is InChI=1S/C8H8ClN3OS/c1-6(14(13)12-5-10)7-2-3-8(9)11-4-7/h2-4,6,14H,1H3/t6-/m1/s1. The molecule has 1 aromatic heterocycles. The first-order valence-electron chi connectivity index (χ1n) is 3.82. The first-order chi connectivity index (χ1) is 6.65. The number of aromatic nitrogens is 1. The van der Waals surface area contributed by atoms with Gasteiger partial charge in [0.25, 0.3) is 0 Å². The fourth-order valence-corrected chi connectivity index (χ4v) is 1.67. The van der Waals surface area contributed by atoms with Crippen molar-refractivity contribution in [1.82, 2.24) is 4.98 Å². The van der Waals surface area contributed by atoms with Crippen molar-refractivity contribution < 1.29 is 4.21 Å². The Morgan fingerprint density at radius 1 is 1.71 bits per heavy atom. The summed E-state index contributed by atoms with van der Waals surface area (Å²) in [4.78, 5) is 3.86. The van der Waals surface area contributed by atoms with Gasteiger partial charge in [-0.3, -0.25) is 4.21 Å². The predicted molar refractivity (Wildman–Crippen MR) is 55.2 cm³/mol. The molecule has 0 aromatic carbocycles. The molecule has 4 nitrogen and oxygen atoms in total. The van der Waals surface area contributed by atoms with Crippen LogP contribution in [0, 0.1) is 11.5 Å². The number of nitriles is 1. The van der Waals surface area contributed by atoms with E-state index >= 15 is 0 Å². The van der Waals surface area contributed by atoms with Crippen LogP contribution in [0.15, 0.2) is 22.7 Å². The Balaban J connectivity index is 2.97. The Morgan fingerprint density at radius 2 is 2.43 bits per heavy atom. The van der Waals surface area contributed by atoms with E-state index in [0.29, 0.717) is 5.15 Å². The fraction of sp³-hybridized carbons (Fsp3) is 0.250. The highest BCUT2D eigenvalue weighted by Gasteiger charge is 2.06. The molecule has 0 radical (unpaired) electrons. The molecule has 0 bridgehead atoms. The lowest BCUT2D eigenvalue weighted by molar-refractivity contribution is 0.682. The van der Waals surface area contributed by atoms with Crippen molar-refractivity contribution in [3.8, 4) is 6.19 Å². The number of halogens is 1. The zero-order valence-corrected chi connectivity index (χ0v) is 9.03. The maximum atomic E-state index is 11.3. The van der Waals surface area contributed by atoms with Crippen LogP contribution < -0.4 is 0 Å². The third-order valence-electron chi connectivity index (χ3n) is 1.71. The van der Waals surface area contributed by atoms with Gasteiger partial charge in [0.1, 0.15) is 5.15 Å². The van der Waals surface area contributed by atoms with Crippen molar-refractivity contribution in [2.75, 3.05) is 0 Å². The summed E-state index contributed by atoms with van der Waals surface area (Å²) in [6.07, 6.45) is 3.06. The molecule has 0 fully saturated rings. The molecule has 74 valence electrons. The minimum atomic E-state index is -1.90. The largest absolute Gasteiger partial charge is 0.251 e. The molecule has 0 amide bonds. The van der Waals surface area contributed by atoms with Crippen molar-refractivity contribution in [2.45, 2.75) is 12.2 Å². The third kappa shape index (κ3) is 2.69. The molecule has 1 heterocycles. The number of nitrogens with zero attached hydrogens (tertiary/aromatic N) is 3. The van der Waals surface area contributed by atoms with Gasteiger partial charge >= 0.3 is 0 Å². The third-order valence-corrected chi connectivity index (χ3v) is 3.18. The number of hydrogen-bond acceptors (Lipinski definition) is 4. The molecular formula is C8H8ClN3OS. The van der Waals surface area contributed by atoms with Gasteiger partial charge in [0.05, 0.1) is 15.8 Å². The second kappa shape index (κ2) is 4.94. The van der Waals surface area contributed by atoms with Crippen molar-refractivity contribution in [3.05, 3.63) is 29.0 Å². The van der Waals surface area contributed by atoms with Crippen LogP contribution in [0.5, 0.6) is 0 Å². The van der Waals surface area contributed by atoms with Crippen LogP contribution in [0.2, 0.25) is 5.15 Å². The smallest absolute Gasteiger partial charge is 0.214 e. The minimum absolute atomic E-state index is 0.311. The summed E-state index contributed by atoms with van der Waals surface area (Å²) < 4.78 is 14.6. The Labute approximate surface area is 88.8 Å². The van der Waals surface area contributed by atoms with E-state index in [1.165, 1.54) is 12.4 Å². The lowest BCUT2D eigenvalue weighted by Crippen LogP contribution is -1.95. The van der Waals surface area contributed by atoms with Gasteiger partial charge in [0, 0.05) is 6.20 Å². The van der Waals surface area contributed by atoms with Crippen LogP contribution in [-0.2, 0) is 10.6 Å². The summed E-state index contributed by atoms with van der Waals surface area (Å²) in [5.41, 5.74) is 0.759. The highest BCUT2D eigenvalue weighted by molar-refractivity contribution is 7.75. The SMILES string of the molecule is C[C@H](c1ccc(Cl)nc1)/[SH](=O)=N/C#N. The molecule has 0 spiro atoms. The molecular weight excluding hydrogens is 222 g/mol. The summed E-state index contributed by atoms with van der Waals surface area (Å²) in [5.74, 6) is 0. The van der Waals surface area contributed by atoms with Crippen LogP contribution in [-0.4, -0.2) is 9.19 Å². The maximum Gasteiger partial charge on any atom is 0.214 e. The molecule has 6 heteroatoms. The van der Waals surface area contributed by atoms with Gasteiger partial charge in [0.2, 0.25) is 6.19 Å². The Morgan fingerprint density at radius 3 is 2.93 bits per heavy atom. The van der Waals surface area contributed by atoms with E-state index in [-0.39, 0.29) is 5.25 Å². The van der Waals surface area contributed by atoms with E-state index in [1.807, 2.05) is 0 Å². The van der Waals surface area contributed by atoms with E-state index in [1.54, 1.807) is 19.1 Å². The molecule has 0 aliphatic heterocycles. The molecule has 0 aliphatic carbocycles. The Hall–Kier alpha value is -1.12. The van der Waals surface area contributed by atoms with Crippen molar-refractivity contribution in [1.29, 1.82) is 5.26 Å². The lowest BCUT2D eigenvalue weighted by atomic mass is 10.2. The molecule has 0 aliphatic rings.